The van der Waals surface area contributed by atoms with Gasteiger partial charge in [-0.3, -0.25) is 9.59 Å². The van der Waals surface area contributed by atoms with Gasteiger partial charge in [0.05, 0.1) is 18.4 Å². The van der Waals surface area contributed by atoms with Gasteiger partial charge in [-0.15, -0.1) is 0 Å². The highest BCUT2D eigenvalue weighted by Crippen LogP contribution is 2.77. The van der Waals surface area contributed by atoms with Crippen LogP contribution in [0.2, 0.25) is 0 Å². The van der Waals surface area contributed by atoms with Gasteiger partial charge in [0, 0.05) is 10.8 Å². The molecule has 5 aliphatic carbocycles. The first-order valence-electron chi connectivity index (χ1n) is 21.6. The van der Waals surface area contributed by atoms with Gasteiger partial charge in [-0.25, -0.2) is 0 Å². The van der Waals surface area contributed by atoms with Crippen molar-refractivity contribution < 1.29 is 19.1 Å². The number of carbonyl (C=O) groups excluding carboxylic acids is 2. The van der Waals surface area contributed by atoms with E-state index >= 15 is 0 Å². The van der Waals surface area contributed by atoms with Crippen LogP contribution < -0.4 is 0 Å². The fourth-order valence-corrected chi connectivity index (χ4v) is 14.2. The maximum Gasteiger partial charge on any atom is 0.309 e. The highest BCUT2D eigenvalue weighted by atomic mass is 16.5. The third-order valence-electron chi connectivity index (χ3n) is 17.4. The summed E-state index contributed by atoms with van der Waals surface area (Å²) in [5.74, 6) is 3.15. The van der Waals surface area contributed by atoms with Crippen LogP contribution in [0.1, 0.15) is 185 Å². The second-order valence-electron chi connectivity index (χ2n) is 19.9. The minimum absolute atomic E-state index is 0.0159. The SMILES string of the molecule is C=C(C)[C@@H]1CC[C@]2(COC(=O)C(CC)CCCC)CC[C@]3(C)[C@H](CC[C@@H]4[C@@]5(C)CC[C@H](OC(=O)C(CC)CCCC)C(C)(C)[C@@H]5CC[C@]43C)[C@@H]12. The lowest BCUT2D eigenvalue weighted by Gasteiger charge is -2.73. The van der Waals surface area contributed by atoms with E-state index in [9.17, 15) is 9.59 Å². The minimum Gasteiger partial charge on any atom is -0.465 e. The van der Waals surface area contributed by atoms with Crippen molar-refractivity contribution in [1.29, 1.82) is 0 Å². The van der Waals surface area contributed by atoms with Gasteiger partial charge in [0.1, 0.15) is 6.10 Å². The van der Waals surface area contributed by atoms with Crippen molar-refractivity contribution in [2.75, 3.05) is 6.61 Å². The Bertz CT molecular complexity index is 1220. The first-order chi connectivity index (χ1) is 23.6. The van der Waals surface area contributed by atoms with E-state index in [-0.39, 0.29) is 57.0 Å². The van der Waals surface area contributed by atoms with Crippen molar-refractivity contribution in [3.63, 3.8) is 0 Å². The Balaban J connectivity index is 1.38. The topological polar surface area (TPSA) is 52.6 Å². The fourth-order valence-electron chi connectivity index (χ4n) is 14.2. The number of fused-ring (bicyclic) bond motifs is 7. The van der Waals surface area contributed by atoms with Crippen molar-refractivity contribution in [2.45, 2.75) is 191 Å². The van der Waals surface area contributed by atoms with Crippen LogP contribution in [0.4, 0.5) is 0 Å². The Kier molecular flexibility index (Phi) is 12.1. The molecule has 5 fully saturated rings. The lowest BCUT2D eigenvalue weighted by Crippen LogP contribution is -2.67. The Morgan fingerprint density at radius 1 is 0.720 bits per heavy atom. The summed E-state index contributed by atoms with van der Waals surface area (Å²) in [6.45, 7) is 29.1. The zero-order chi connectivity index (χ0) is 36.7. The summed E-state index contributed by atoms with van der Waals surface area (Å²) < 4.78 is 12.9. The zero-order valence-corrected chi connectivity index (χ0v) is 34.4. The average Bonchev–Trinajstić information content (AvgIpc) is 3.46. The van der Waals surface area contributed by atoms with Gasteiger partial charge in [0.15, 0.2) is 0 Å². The van der Waals surface area contributed by atoms with Gasteiger partial charge in [0.25, 0.3) is 0 Å². The molecule has 0 saturated heterocycles. The molecule has 0 radical (unpaired) electrons. The van der Waals surface area contributed by atoms with Crippen molar-refractivity contribution >= 4 is 11.9 Å². The predicted octanol–water partition coefficient (Wildman–Crippen LogP) is 12.5. The van der Waals surface area contributed by atoms with Crippen LogP contribution in [0.15, 0.2) is 12.2 Å². The van der Waals surface area contributed by atoms with Gasteiger partial charge < -0.3 is 9.47 Å². The summed E-state index contributed by atoms with van der Waals surface area (Å²) in [5.41, 5.74) is 2.19. The number of hydrogen-bond acceptors (Lipinski definition) is 4. The van der Waals surface area contributed by atoms with Gasteiger partial charge in [-0.2, -0.15) is 0 Å². The van der Waals surface area contributed by atoms with E-state index in [1.165, 1.54) is 63.4 Å². The predicted molar refractivity (Wildman–Crippen MR) is 206 cm³/mol. The molecule has 0 bridgehead atoms. The van der Waals surface area contributed by atoms with Gasteiger partial charge >= 0.3 is 11.9 Å². The monoisotopic (exact) mass is 695 g/mol. The maximum atomic E-state index is 13.5. The molecular weight excluding hydrogens is 617 g/mol. The van der Waals surface area contributed by atoms with Crippen LogP contribution in [-0.2, 0) is 19.1 Å². The first kappa shape index (κ1) is 39.9. The number of unbranched alkanes of at least 4 members (excludes halogenated alkanes) is 2. The second kappa shape index (κ2) is 15.2. The summed E-state index contributed by atoms with van der Waals surface area (Å²) in [5, 5.41) is 0. The van der Waals surface area contributed by atoms with E-state index in [0.717, 1.165) is 57.8 Å². The largest absolute Gasteiger partial charge is 0.465 e. The Morgan fingerprint density at radius 3 is 1.96 bits per heavy atom. The molecule has 5 rings (SSSR count). The molecular formula is C46H78O4. The van der Waals surface area contributed by atoms with E-state index in [4.69, 9.17) is 9.47 Å². The Labute approximate surface area is 308 Å². The molecule has 5 aliphatic rings. The van der Waals surface area contributed by atoms with Gasteiger partial charge in [-0.1, -0.05) is 100 Å². The molecule has 12 atom stereocenters. The fraction of sp³-hybridized carbons (Fsp3) is 0.913. The van der Waals surface area contributed by atoms with Crippen LogP contribution in [0.5, 0.6) is 0 Å². The van der Waals surface area contributed by atoms with Gasteiger partial charge in [0.2, 0.25) is 0 Å². The first-order valence-corrected chi connectivity index (χ1v) is 21.6. The van der Waals surface area contributed by atoms with Gasteiger partial charge in [-0.05, 0) is 143 Å². The molecule has 0 aromatic carbocycles. The Hall–Kier alpha value is -1.32. The minimum atomic E-state index is -0.0274. The van der Waals surface area contributed by atoms with Crippen LogP contribution in [0.3, 0.4) is 0 Å². The molecule has 50 heavy (non-hydrogen) atoms. The summed E-state index contributed by atoms with van der Waals surface area (Å²) >= 11 is 0. The number of carbonyl (C=O) groups is 2. The lowest BCUT2D eigenvalue weighted by molar-refractivity contribution is -0.252. The zero-order valence-electron chi connectivity index (χ0n) is 34.4. The lowest BCUT2D eigenvalue weighted by atomic mass is 9.32. The normalized spacial score (nSPS) is 41.5. The van der Waals surface area contributed by atoms with E-state index in [1.54, 1.807) is 0 Å². The second-order valence-corrected chi connectivity index (χ2v) is 19.9. The summed E-state index contributed by atoms with van der Waals surface area (Å²) in [6.07, 6.45) is 20.2. The number of rotatable bonds is 14. The van der Waals surface area contributed by atoms with Crippen LogP contribution in [0.25, 0.3) is 0 Å². The highest BCUT2D eigenvalue weighted by Gasteiger charge is 2.71. The van der Waals surface area contributed by atoms with Crippen molar-refractivity contribution in [1.82, 2.24) is 0 Å². The van der Waals surface area contributed by atoms with Crippen LogP contribution in [-0.4, -0.2) is 24.6 Å². The van der Waals surface area contributed by atoms with E-state index in [1.807, 2.05) is 0 Å². The van der Waals surface area contributed by atoms with E-state index in [0.29, 0.717) is 36.2 Å². The molecule has 0 N–H and O–H groups in total. The summed E-state index contributed by atoms with van der Waals surface area (Å²) in [4.78, 5) is 26.9. The quantitative estimate of drug-likeness (QED) is 0.134. The van der Waals surface area contributed by atoms with E-state index < -0.39 is 0 Å². The molecule has 2 unspecified atom stereocenters. The van der Waals surface area contributed by atoms with Crippen molar-refractivity contribution in [3.8, 4) is 0 Å². The molecule has 0 amide bonds. The Morgan fingerprint density at radius 2 is 1.36 bits per heavy atom. The molecule has 5 saturated carbocycles. The molecule has 286 valence electrons. The maximum absolute atomic E-state index is 13.5. The molecule has 0 aliphatic heterocycles. The molecule has 0 aromatic rings. The summed E-state index contributed by atoms with van der Waals surface area (Å²) in [6, 6.07) is 0. The average molecular weight is 695 g/mol. The van der Waals surface area contributed by atoms with Crippen LogP contribution in [0, 0.1) is 68.5 Å². The number of esters is 2. The van der Waals surface area contributed by atoms with E-state index in [2.05, 4.69) is 75.8 Å². The molecule has 0 heterocycles. The molecule has 4 nitrogen and oxygen atoms in total. The van der Waals surface area contributed by atoms with Crippen LogP contribution >= 0.6 is 0 Å². The highest BCUT2D eigenvalue weighted by molar-refractivity contribution is 5.73. The third-order valence-corrected chi connectivity index (χ3v) is 17.4. The molecule has 0 aromatic heterocycles. The number of hydrogen-bond donors (Lipinski definition) is 0. The summed E-state index contributed by atoms with van der Waals surface area (Å²) in [7, 11) is 0. The molecule has 0 spiro atoms. The molecule has 4 heteroatoms. The van der Waals surface area contributed by atoms with Crippen molar-refractivity contribution in [3.05, 3.63) is 12.2 Å². The standard InChI is InChI=1S/C46H78O4/c1-12-16-18-32(14-3)40(47)49-30-46-27-22-34(31(5)6)39(46)35-20-21-37-43(9)25-24-38(50-41(48)33(15-4)19-17-13-2)42(7,8)36(43)23-26-45(37,11)44(35,10)28-29-46/h32-39H,5,12-30H2,1-4,6-11H3/t32?,33?,34-,35+,36-,37+,38-,39+,43-,44+,45+,46+/m0/s1. The van der Waals surface area contributed by atoms with Crippen molar-refractivity contribution in [2.24, 2.45) is 68.5 Å². The number of ether oxygens (including phenoxy) is 2. The smallest absolute Gasteiger partial charge is 0.309 e. The third kappa shape index (κ3) is 6.58. The number of allylic oxidation sites excluding steroid dienone is 1.